The van der Waals surface area contributed by atoms with Crippen molar-refractivity contribution in [3.63, 3.8) is 0 Å². The molecule has 4 aromatic carbocycles. The first-order chi connectivity index (χ1) is 18.4. The lowest BCUT2D eigenvalue weighted by molar-refractivity contribution is -0.139. The van der Waals surface area contributed by atoms with Crippen LogP contribution in [0.1, 0.15) is 20.8 Å². The van der Waals surface area contributed by atoms with Crippen molar-refractivity contribution in [2.24, 2.45) is 0 Å². The summed E-state index contributed by atoms with van der Waals surface area (Å²) < 4.78 is 6.75. The van der Waals surface area contributed by atoms with E-state index in [0.29, 0.717) is 22.3 Å². The smallest absolute Gasteiger partial charge is 0.326 e. The number of nitrogens with one attached hydrogen (secondary N) is 1. The summed E-state index contributed by atoms with van der Waals surface area (Å²) in [6.07, 6.45) is 0.158. The Morgan fingerprint density at radius 3 is 2.26 bits per heavy atom. The van der Waals surface area contributed by atoms with Crippen LogP contribution in [0.3, 0.4) is 0 Å². The summed E-state index contributed by atoms with van der Waals surface area (Å²) >= 11 is 7.33. The second-order valence-electron chi connectivity index (χ2n) is 8.86. The topological polar surface area (TPSA) is 75.6 Å². The molecule has 2 N–H and O–H groups in total. The molecule has 0 unspecified atom stereocenters. The van der Waals surface area contributed by atoms with E-state index in [1.807, 2.05) is 97.1 Å². The fraction of sp³-hybridized carbons (Fsp3) is 0.0968. The monoisotopic (exact) mass is 541 g/mol. The van der Waals surface area contributed by atoms with Gasteiger partial charge in [0.05, 0.1) is 4.88 Å². The number of fused-ring (bicyclic) bond motifs is 1. The number of ether oxygens (including phenoxy) is 1. The Hall–Kier alpha value is -4.13. The number of thiophene rings is 1. The lowest BCUT2D eigenvalue weighted by Crippen LogP contribution is -2.42. The van der Waals surface area contributed by atoms with Crippen molar-refractivity contribution in [3.05, 3.63) is 124 Å². The van der Waals surface area contributed by atoms with Crippen LogP contribution >= 0.6 is 22.9 Å². The van der Waals surface area contributed by atoms with E-state index in [2.05, 4.69) is 5.32 Å². The number of carbonyl (C=O) groups excluding carboxylic acids is 1. The molecule has 0 saturated carbocycles. The summed E-state index contributed by atoms with van der Waals surface area (Å²) in [6, 6.07) is 31.4. The number of rotatable bonds is 9. The molecule has 0 bridgehead atoms. The van der Waals surface area contributed by atoms with Crippen LogP contribution in [0.5, 0.6) is 5.75 Å². The minimum Gasteiger partial charge on any atom is -0.489 e. The van der Waals surface area contributed by atoms with Crippen LogP contribution in [0.2, 0.25) is 5.02 Å². The third-order valence-electron chi connectivity index (χ3n) is 6.13. The lowest BCUT2D eigenvalue weighted by Gasteiger charge is -2.14. The molecule has 7 heteroatoms. The quantitative estimate of drug-likeness (QED) is 0.206. The van der Waals surface area contributed by atoms with E-state index in [1.165, 1.54) is 11.3 Å². The normalized spacial score (nSPS) is 11.7. The molecule has 5 nitrogen and oxygen atoms in total. The number of carbonyl (C=O) groups is 2. The average Bonchev–Trinajstić information content (AvgIpc) is 3.37. The van der Waals surface area contributed by atoms with E-state index in [1.54, 1.807) is 6.07 Å². The van der Waals surface area contributed by atoms with Gasteiger partial charge in [-0.25, -0.2) is 4.79 Å². The van der Waals surface area contributed by atoms with E-state index >= 15 is 0 Å². The number of halogens is 1. The number of carboxylic acids is 1. The number of aliphatic carboxylic acids is 1. The third kappa shape index (κ3) is 6.22. The van der Waals surface area contributed by atoms with Gasteiger partial charge in [-0.3, -0.25) is 4.79 Å². The average molecular weight is 542 g/mol. The van der Waals surface area contributed by atoms with E-state index in [9.17, 15) is 14.7 Å². The molecule has 0 aliphatic heterocycles. The predicted octanol–water partition coefficient (Wildman–Crippen LogP) is 7.23. The van der Waals surface area contributed by atoms with Crippen LogP contribution in [0, 0.1) is 0 Å². The molecule has 1 amide bonds. The minimum absolute atomic E-state index is 0.158. The largest absolute Gasteiger partial charge is 0.489 e. The van der Waals surface area contributed by atoms with Gasteiger partial charge in [0.1, 0.15) is 18.4 Å². The fourth-order valence-electron chi connectivity index (χ4n) is 4.10. The number of carboxylic acid groups (broad SMARTS) is 1. The molecular formula is C31H24ClNO4S. The highest BCUT2D eigenvalue weighted by Gasteiger charge is 2.22. The van der Waals surface area contributed by atoms with Gasteiger partial charge < -0.3 is 15.2 Å². The molecule has 0 aliphatic rings. The third-order valence-corrected chi connectivity index (χ3v) is 7.50. The van der Waals surface area contributed by atoms with Gasteiger partial charge in [0.15, 0.2) is 0 Å². The molecular weight excluding hydrogens is 518 g/mol. The Balaban J connectivity index is 1.24. The summed E-state index contributed by atoms with van der Waals surface area (Å²) in [5.74, 6) is -0.805. The van der Waals surface area contributed by atoms with Gasteiger partial charge in [-0.05, 0) is 70.1 Å². The van der Waals surface area contributed by atoms with E-state index in [4.69, 9.17) is 16.3 Å². The van der Waals surface area contributed by atoms with Crippen molar-refractivity contribution in [1.82, 2.24) is 5.32 Å². The van der Waals surface area contributed by atoms with Gasteiger partial charge in [0, 0.05) is 16.1 Å². The summed E-state index contributed by atoms with van der Waals surface area (Å²) in [4.78, 5) is 25.4. The molecule has 1 aromatic heterocycles. The maximum Gasteiger partial charge on any atom is 0.326 e. The van der Waals surface area contributed by atoms with Crippen LogP contribution in [0.15, 0.2) is 103 Å². The Bertz CT molecular complexity index is 1560. The first-order valence-electron chi connectivity index (χ1n) is 12.0. The summed E-state index contributed by atoms with van der Waals surface area (Å²) in [5.41, 5.74) is 3.89. The van der Waals surface area contributed by atoms with Gasteiger partial charge in [-0.15, -0.1) is 11.3 Å². The molecule has 0 saturated heterocycles. The Kier molecular flexibility index (Phi) is 7.73. The lowest BCUT2D eigenvalue weighted by atomic mass is 10.0. The summed E-state index contributed by atoms with van der Waals surface area (Å²) in [5, 5.41) is 14.0. The zero-order valence-corrected chi connectivity index (χ0v) is 21.8. The van der Waals surface area contributed by atoms with E-state index in [-0.39, 0.29) is 6.42 Å². The van der Waals surface area contributed by atoms with Crippen LogP contribution in [-0.4, -0.2) is 23.0 Å². The van der Waals surface area contributed by atoms with Crippen LogP contribution in [0.25, 0.3) is 21.2 Å². The van der Waals surface area contributed by atoms with Crippen molar-refractivity contribution < 1.29 is 19.4 Å². The standard InChI is InChI=1S/C31H24ClNO4S/c32-25-11-8-22(9-12-25)23-10-15-28-24(17-23)18-29(38-28)30(34)33-27(31(35)36)16-20-6-13-26(14-7-20)37-19-21-4-2-1-3-5-21/h1-15,17-18,27H,16,19H2,(H,33,34)(H,35,36)/t27-/m0/s1. The summed E-state index contributed by atoms with van der Waals surface area (Å²) in [6.45, 7) is 0.449. The molecule has 0 radical (unpaired) electrons. The van der Waals surface area contributed by atoms with Crippen molar-refractivity contribution in [2.75, 3.05) is 0 Å². The van der Waals surface area contributed by atoms with Gasteiger partial charge in [0.25, 0.3) is 5.91 Å². The van der Waals surface area contributed by atoms with Crippen LogP contribution in [-0.2, 0) is 17.8 Å². The maximum atomic E-state index is 13.0. The molecule has 1 heterocycles. The van der Waals surface area contributed by atoms with Crippen molar-refractivity contribution in [3.8, 4) is 16.9 Å². The first-order valence-corrected chi connectivity index (χ1v) is 13.2. The van der Waals surface area contributed by atoms with Crippen LogP contribution in [0.4, 0.5) is 0 Å². The Morgan fingerprint density at radius 1 is 0.842 bits per heavy atom. The van der Waals surface area contributed by atoms with Gasteiger partial charge >= 0.3 is 5.97 Å². The van der Waals surface area contributed by atoms with Crippen molar-refractivity contribution >= 4 is 44.9 Å². The number of hydrogen-bond donors (Lipinski definition) is 2. The molecule has 5 rings (SSSR count). The summed E-state index contributed by atoms with van der Waals surface area (Å²) in [7, 11) is 0. The van der Waals surface area contributed by atoms with Crippen molar-refractivity contribution in [2.45, 2.75) is 19.1 Å². The predicted molar refractivity (Wildman–Crippen MR) is 152 cm³/mol. The Morgan fingerprint density at radius 2 is 1.55 bits per heavy atom. The molecule has 190 valence electrons. The van der Waals surface area contributed by atoms with Gasteiger partial charge in [0.2, 0.25) is 0 Å². The number of amides is 1. The molecule has 0 aliphatic carbocycles. The zero-order valence-electron chi connectivity index (χ0n) is 20.3. The fourth-order valence-corrected chi connectivity index (χ4v) is 5.18. The SMILES string of the molecule is O=C(N[C@@H](Cc1ccc(OCc2ccccc2)cc1)C(=O)O)c1cc2cc(-c3ccc(Cl)cc3)ccc2s1. The molecule has 5 aromatic rings. The number of hydrogen-bond acceptors (Lipinski definition) is 4. The first kappa shape index (κ1) is 25.5. The van der Waals surface area contributed by atoms with Gasteiger partial charge in [-0.1, -0.05) is 72.3 Å². The van der Waals surface area contributed by atoms with E-state index < -0.39 is 17.9 Å². The maximum absolute atomic E-state index is 13.0. The Labute approximate surface area is 229 Å². The highest BCUT2D eigenvalue weighted by Crippen LogP contribution is 2.31. The molecule has 38 heavy (non-hydrogen) atoms. The highest BCUT2D eigenvalue weighted by molar-refractivity contribution is 7.20. The van der Waals surface area contributed by atoms with E-state index in [0.717, 1.165) is 32.3 Å². The molecule has 0 spiro atoms. The zero-order chi connectivity index (χ0) is 26.5. The van der Waals surface area contributed by atoms with Crippen LogP contribution < -0.4 is 10.1 Å². The second kappa shape index (κ2) is 11.5. The minimum atomic E-state index is -1.09. The number of benzene rings is 4. The van der Waals surface area contributed by atoms with Gasteiger partial charge in [-0.2, -0.15) is 0 Å². The molecule has 0 fully saturated rings. The highest BCUT2D eigenvalue weighted by atomic mass is 35.5. The second-order valence-corrected chi connectivity index (χ2v) is 10.4. The van der Waals surface area contributed by atoms with Crippen molar-refractivity contribution in [1.29, 1.82) is 0 Å². The molecule has 1 atom stereocenters.